The number of nitrogens with zero attached hydrogens (tertiary/aromatic N) is 1. The lowest BCUT2D eigenvalue weighted by Gasteiger charge is -2.05. The van der Waals surface area contributed by atoms with E-state index in [1.807, 2.05) is 38.1 Å². The van der Waals surface area contributed by atoms with E-state index in [0.29, 0.717) is 17.0 Å². The molecule has 0 spiro atoms. The van der Waals surface area contributed by atoms with Gasteiger partial charge in [-0.15, -0.1) is 0 Å². The number of aromatic nitrogens is 1. The monoisotopic (exact) mass is 436 g/mol. The molecule has 0 aliphatic carbocycles. The Bertz CT molecular complexity index is 1020. The summed E-state index contributed by atoms with van der Waals surface area (Å²) in [6.45, 7) is 3.19. The number of benzene rings is 2. The number of ether oxygens (including phenoxy) is 2. The lowest BCUT2D eigenvalue weighted by Crippen LogP contribution is -2.20. The summed E-state index contributed by atoms with van der Waals surface area (Å²) >= 11 is 0. The Kier molecular flexibility index (Phi) is 9.55. The molecule has 166 valence electrons. The van der Waals surface area contributed by atoms with Crippen LogP contribution in [-0.2, 0) is 14.3 Å². The highest BCUT2D eigenvalue weighted by Crippen LogP contribution is 2.13. The molecule has 1 amide bonds. The molecule has 2 aromatic carbocycles. The van der Waals surface area contributed by atoms with Gasteiger partial charge in [-0.1, -0.05) is 35.4 Å². The van der Waals surface area contributed by atoms with Crippen LogP contribution in [0.15, 0.2) is 73.1 Å². The third kappa shape index (κ3) is 9.19. The third-order valence-corrected chi connectivity index (χ3v) is 3.92. The summed E-state index contributed by atoms with van der Waals surface area (Å²) in [5.74, 6) is -1.32. The number of carboxylic acid groups (broad SMARTS) is 1. The van der Waals surface area contributed by atoms with Gasteiger partial charge in [-0.3, -0.25) is 9.78 Å². The molecule has 8 heteroatoms. The van der Waals surface area contributed by atoms with Crippen molar-refractivity contribution in [3.05, 3.63) is 89.7 Å². The van der Waals surface area contributed by atoms with Crippen LogP contribution in [0.25, 0.3) is 0 Å². The minimum absolute atomic E-state index is 0.264. The van der Waals surface area contributed by atoms with Crippen LogP contribution >= 0.6 is 0 Å². The number of aliphatic carboxylic acids is 1. The van der Waals surface area contributed by atoms with Crippen LogP contribution in [0.3, 0.4) is 0 Å². The minimum Gasteiger partial charge on any atom is -0.480 e. The highest BCUT2D eigenvalue weighted by Gasteiger charge is 2.07. The number of carboxylic acids is 1. The first-order valence-corrected chi connectivity index (χ1v) is 9.68. The molecule has 2 N–H and O–H groups in total. The van der Waals surface area contributed by atoms with Crippen molar-refractivity contribution < 1.29 is 29.0 Å². The van der Waals surface area contributed by atoms with Crippen molar-refractivity contribution in [3.8, 4) is 5.75 Å². The number of amides is 1. The van der Waals surface area contributed by atoms with E-state index < -0.39 is 18.5 Å². The second-order valence-electron chi connectivity index (χ2n) is 6.75. The van der Waals surface area contributed by atoms with E-state index in [1.165, 1.54) is 6.20 Å². The van der Waals surface area contributed by atoms with Crippen LogP contribution in [0.4, 0.5) is 5.69 Å². The first-order valence-electron chi connectivity index (χ1n) is 9.68. The fraction of sp³-hybridized carbons (Fsp3) is 0.167. The van der Waals surface area contributed by atoms with E-state index in [0.717, 1.165) is 11.1 Å². The molecule has 0 unspecified atom stereocenters. The lowest BCUT2D eigenvalue weighted by atomic mass is 10.2. The fourth-order valence-electron chi connectivity index (χ4n) is 2.32. The molecule has 8 nitrogen and oxygen atoms in total. The SMILES string of the molecule is Cc1ccc(NC(=O)COCC(=O)O)cc1.Cc1ccc(OC(=O)c2cccnc2)cc1. The van der Waals surface area contributed by atoms with E-state index >= 15 is 0 Å². The predicted octanol–water partition coefficient (Wildman–Crippen LogP) is 3.64. The van der Waals surface area contributed by atoms with E-state index in [9.17, 15) is 14.4 Å². The van der Waals surface area contributed by atoms with Gasteiger partial charge >= 0.3 is 11.9 Å². The molecular formula is C24H24N2O6. The van der Waals surface area contributed by atoms with Gasteiger partial charge in [-0.25, -0.2) is 9.59 Å². The summed E-state index contributed by atoms with van der Waals surface area (Å²) in [6.07, 6.45) is 3.10. The highest BCUT2D eigenvalue weighted by molar-refractivity contribution is 5.92. The van der Waals surface area contributed by atoms with Crippen molar-refractivity contribution in [2.24, 2.45) is 0 Å². The maximum Gasteiger partial charge on any atom is 0.345 e. The van der Waals surface area contributed by atoms with Crippen molar-refractivity contribution in [2.45, 2.75) is 13.8 Å². The topological polar surface area (TPSA) is 115 Å². The number of anilines is 1. The zero-order chi connectivity index (χ0) is 23.3. The van der Waals surface area contributed by atoms with Crippen LogP contribution in [0, 0.1) is 13.8 Å². The maximum absolute atomic E-state index is 11.6. The predicted molar refractivity (Wildman–Crippen MR) is 119 cm³/mol. The molecule has 32 heavy (non-hydrogen) atoms. The normalized spacial score (nSPS) is 9.81. The molecule has 3 aromatic rings. The average Bonchev–Trinajstić information content (AvgIpc) is 2.78. The molecule has 0 fully saturated rings. The van der Waals surface area contributed by atoms with Crippen molar-refractivity contribution in [2.75, 3.05) is 18.5 Å². The van der Waals surface area contributed by atoms with E-state index in [-0.39, 0.29) is 12.5 Å². The second kappa shape index (κ2) is 12.6. The Morgan fingerprint density at radius 1 is 0.906 bits per heavy atom. The molecule has 0 aliphatic heterocycles. The van der Waals surface area contributed by atoms with Gasteiger partial charge in [0, 0.05) is 18.1 Å². The van der Waals surface area contributed by atoms with Crippen molar-refractivity contribution in [3.63, 3.8) is 0 Å². The number of rotatable bonds is 7. The van der Waals surface area contributed by atoms with Gasteiger partial charge in [0.1, 0.15) is 19.0 Å². The molecule has 1 heterocycles. The summed E-state index contributed by atoms with van der Waals surface area (Å²) in [4.78, 5) is 36.9. The van der Waals surface area contributed by atoms with Gasteiger partial charge in [-0.2, -0.15) is 0 Å². The van der Waals surface area contributed by atoms with Gasteiger partial charge in [-0.05, 0) is 50.2 Å². The number of carbonyl (C=O) groups is 3. The second-order valence-corrected chi connectivity index (χ2v) is 6.75. The zero-order valence-corrected chi connectivity index (χ0v) is 17.8. The molecule has 0 aliphatic rings. The Hall–Kier alpha value is -4.04. The van der Waals surface area contributed by atoms with Crippen molar-refractivity contribution in [1.82, 2.24) is 4.98 Å². The van der Waals surface area contributed by atoms with Crippen LogP contribution in [-0.4, -0.2) is 41.2 Å². The number of esters is 1. The summed E-state index contributed by atoms with van der Waals surface area (Å²) in [5.41, 5.74) is 3.33. The summed E-state index contributed by atoms with van der Waals surface area (Å²) in [5, 5.41) is 10.9. The van der Waals surface area contributed by atoms with Gasteiger partial charge in [0.15, 0.2) is 0 Å². The number of hydrogen-bond acceptors (Lipinski definition) is 6. The van der Waals surface area contributed by atoms with E-state index in [2.05, 4.69) is 15.0 Å². The Morgan fingerprint density at radius 2 is 1.53 bits per heavy atom. The Balaban J connectivity index is 0.000000227. The fourth-order valence-corrected chi connectivity index (χ4v) is 2.32. The quantitative estimate of drug-likeness (QED) is 0.429. The first-order chi connectivity index (χ1) is 15.3. The summed E-state index contributed by atoms with van der Waals surface area (Å²) < 4.78 is 9.82. The smallest absolute Gasteiger partial charge is 0.345 e. The standard InChI is InChI=1S/C13H11NO2.C11H13NO4/c1-10-4-6-12(7-5-10)16-13(15)11-3-2-8-14-9-11;1-8-2-4-9(5-3-8)12-10(13)6-16-7-11(14)15/h2-9H,1H3;2-5H,6-7H2,1H3,(H,12,13)(H,14,15). The third-order valence-electron chi connectivity index (χ3n) is 3.92. The molecule has 0 atom stereocenters. The van der Waals surface area contributed by atoms with E-state index in [4.69, 9.17) is 9.84 Å². The van der Waals surface area contributed by atoms with Gasteiger partial charge < -0.3 is 19.9 Å². The highest BCUT2D eigenvalue weighted by atomic mass is 16.5. The summed E-state index contributed by atoms with van der Waals surface area (Å²) in [7, 11) is 0. The molecule has 0 saturated heterocycles. The Labute approximate surface area is 185 Å². The number of pyridine rings is 1. The van der Waals surface area contributed by atoms with Crippen LogP contribution in [0.5, 0.6) is 5.75 Å². The summed E-state index contributed by atoms with van der Waals surface area (Å²) in [6, 6.07) is 18.0. The molecular weight excluding hydrogens is 412 g/mol. The molecule has 1 aromatic heterocycles. The van der Waals surface area contributed by atoms with Crippen LogP contribution in [0.2, 0.25) is 0 Å². The van der Waals surface area contributed by atoms with E-state index in [1.54, 1.807) is 42.6 Å². The Morgan fingerprint density at radius 3 is 2.09 bits per heavy atom. The first kappa shape index (κ1) is 24.2. The van der Waals surface area contributed by atoms with Gasteiger partial charge in [0.2, 0.25) is 5.91 Å². The largest absolute Gasteiger partial charge is 0.480 e. The zero-order valence-electron chi connectivity index (χ0n) is 17.8. The molecule has 0 radical (unpaired) electrons. The average molecular weight is 436 g/mol. The van der Waals surface area contributed by atoms with Crippen molar-refractivity contribution >= 4 is 23.5 Å². The minimum atomic E-state index is -1.09. The molecule has 3 rings (SSSR count). The lowest BCUT2D eigenvalue weighted by molar-refractivity contribution is -0.143. The molecule has 0 bridgehead atoms. The molecule has 0 saturated carbocycles. The number of aryl methyl sites for hydroxylation is 2. The van der Waals surface area contributed by atoms with Crippen LogP contribution < -0.4 is 10.1 Å². The maximum atomic E-state index is 11.6. The van der Waals surface area contributed by atoms with Gasteiger partial charge in [0.25, 0.3) is 0 Å². The number of nitrogens with one attached hydrogen (secondary N) is 1. The number of hydrogen-bond donors (Lipinski definition) is 2. The van der Waals surface area contributed by atoms with Gasteiger partial charge in [0.05, 0.1) is 5.56 Å². The van der Waals surface area contributed by atoms with Crippen LogP contribution in [0.1, 0.15) is 21.5 Å². The van der Waals surface area contributed by atoms with Crippen molar-refractivity contribution in [1.29, 1.82) is 0 Å². The number of carbonyl (C=O) groups excluding carboxylic acids is 2.